The second-order valence-corrected chi connectivity index (χ2v) is 5.09. The Balaban J connectivity index is 1.78. The zero-order valence-electron chi connectivity index (χ0n) is 12.6. The van der Waals surface area contributed by atoms with E-state index in [9.17, 15) is 9.59 Å². The molecule has 6 heteroatoms. The highest BCUT2D eigenvalue weighted by Crippen LogP contribution is 2.12. The maximum Gasteiger partial charge on any atom is 0.319 e. The van der Waals surface area contributed by atoms with Gasteiger partial charge in [-0.25, -0.2) is 9.48 Å². The van der Waals surface area contributed by atoms with Crippen molar-refractivity contribution in [1.29, 1.82) is 0 Å². The van der Waals surface area contributed by atoms with Crippen LogP contribution in [0.2, 0.25) is 0 Å². The lowest BCUT2D eigenvalue weighted by Crippen LogP contribution is -2.30. The maximum atomic E-state index is 12.1. The third-order valence-electron chi connectivity index (χ3n) is 3.48. The van der Waals surface area contributed by atoms with Gasteiger partial charge in [0.05, 0.1) is 17.6 Å². The van der Waals surface area contributed by atoms with Gasteiger partial charge >= 0.3 is 6.03 Å². The number of benzene rings is 2. The van der Waals surface area contributed by atoms with Crippen molar-refractivity contribution >= 4 is 22.5 Å². The van der Waals surface area contributed by atoms with Crippen molar-refractivity contribution in [3.05, 3.63) is 70.6 Å². The Morgan fingerprint density at radius 1 is 1.04 bits per heavy atom. The Morgan fingerprint density at radius 2 is 1.70 bits per heavy atom. The van der Waals surface area contributed by atoms with Crippen molar-refractivity contribution in [2.24, 2.45) is 7.05 Å². The standard InChI is InChI=1S/C17H16N4O2/c1-21-16(22)14-10-6-5-9-13(14)15(20-21)11-18-17(23)19-12-7-3-2-4-8-12/h2-10H,11H2,1H3,(H2,18,19,23). The summed E-state index contributed by atoms with van der Waals surface area (Å²) in [5, 5.41) is 11.1. The molecular weight excluding hydrogens is 292 g/mol. The molecule has 0 aliphatic heterocycles. The lowest BCUT2D eigenvalue weighted by molar-refractivity contribution is 0.251. The summed E-state index contributed by atoms with van der Waals surface area (Å²) in [6.45, 7) is 0.229. The van der Waals surface area contributed by atoms with Crippen LogP contribution < -0.4 is 16.2 Å². The number of amides is 2. The molecule has 0 saturated heterocycles. The number of nitrogens with zero attached hydrogens (tertiary/aromatic N) is 2. The summed E-state index contributed by atoms with van der Waals surface area (Å²) in [4.78, 5) is 24.0. The van der Waals surface area contributed by atoms with Gasteiger partial charge in [-0.2, -0.15) is 5.10 Å². The maximum absolute atomic E-state index is 12.1. The average molecular weight is 308 g/mol. The average Bonchev–Trinajstić information content (AvgIpc) is 2.58. The van der Waals surface area contributed by atoms with E-state index in [2.05, 4.69) is 15.7 Å². The fourth-order valence-electron chi connectivity index (χ4n) is 2.37. The number of hydrogen-bond acceptors (Lipinski definition) is 3. The first-order valence-electron chi connectivity index (χ1n) is 7.20. The molecule has 3 aromatic rings. The first-order valence-corrected chi connectivity index (χ1v) is 7.20. The van der Waals surface area contributed by atoms with Crippen molar-refractivity contribution in [3.8, 4) is 0 Å². The van der Waals surface area contributed by atoms with E-state index in [4.69, 9.17) is 0 Å². The summed E-state index contributed by atoms with van der Waals surface area (Å²) in [6.07, 6.45) is 0. The monoisotopic (exact) mass is 308 g/mol. The number of hydrogen-bond donors (Lipinski definition) is 2. The zero-order chi connectivity index (χ0) is 16.2. The number of anilines is 1. The van der Waals surface area contributed by atoms with Crippen molar-refractivity contribution in [3.63, 3.8) is 0 Å². The van der Waals surface area contributed by atoms with Crippen LogP contribution >= 0.6 is 0 Å². The van der Waals surface area contributed by atoms with Crippen LogP contribution in [0.25, 0.3) is 10.8 Å². The minimum atomic E-state index is -0.323. The first kappa shape index (κ1) is 14.8. The summed E-state index contributed by atoms with van der Waals surface area (Å²) in [6, 6.07) is 16.1. The number of carbonyl (C=O) groups excluding carboxylic acids is 1. The number of rotatable bonds is 3. The Hall–Kier alpha value is -3.15. The van der Waals surface area contributed by atoms with Gasteiger partial charge in [-0.15, -0.1) is 0 Å². The summed E-state index contributed by atoms with van der Waals surface area (Å²) in [5.41, 5.74) is 1.20. The van der Waals surface area contributed by atoms with Crippen LogP contribution in [0.3, 0.4) is 0 Å². The topological polar surface area (TPSA) is 76.0 Å². The minimum absolute atomic E-state index is 0.155. The van der Waals surface area contributed by atoms with E-state index >= 15 is 0 Å². The molecule has 6 nitrogen and oxygen atoms in total. The Bertz CT molecular complexity index is 903. The summed E-state index contributed by atoms with van der Waals surface area (Å²) >= 11 is 0. The van der Waals surface area contributed by atoms with Gasteiger partial charge in [0.25, 0.3) is 5.56 Å². The summed E-state index contributed by atoms with van der Waals surface area (Å²) in [5.74, 6) is 0. The number of aromatic nitrogens is 2. The van der Waals surface area contributed by atoms with Crippen molar-refractivity contribution < 1.29 is 4.79 Å². The lowest BCUT2D eigenvalue weighted by Gasteiger charge is -2.10. The molecule has 23 heavy (non-hydrogen) atoms. The fraction of sp³-hybridized carbons (Fsp3) is 0.118. The molecule has 0 aliphatic carbocycles. The van der Waals surface area contributed by atoms with Crippen LogP contribution in [0.4, 0.5) is 10.5 Å². The van der Waals surface area contributed by atoms with E-state index in [0.717, 1.165) is 5.39 Å². The fourth-order valence-corrected chi connectivity index (χ4v) is 2.37. The molecule has 0 radical (unpaired) electrons. The van der Waals surface area contributed by atoms with E-state index in [1.165, 1.54) is 4.68 Å². The smallest absolute Gasteiger partial charge is 0.319 e. The molecule has 2 N–H and O–H groups in total. The van der Waals surface area contributed by atoms with Crippen molar-refractivity contribution in [2.45, 2.75) is 6.54 Å². The highest BCUT2D eigenvalue weighted by molar-refractivity contribution is 5.89. The minimum Gasteiger partial charge on any atom is -0.332 e. The second kappa shape index (κ2) is 6.31. The second-order valence-electron chi connectivity index (χ2n) is 5.09. The number of para-hydroxylation sites is 1. The molecule has 0 unspecified atom stereocenters. The van der Waals surface area contributed by atoms with Crippen molar-refractivity contribution in [1.82, 2.24) is 15.1 Å². The van der Waals surface area contributed by atoms with Crippen molar-refractivity contribution in [2.75, 3.05) is 5.32 Å². The van der Waals surface area contributed by atoms with Crippen LogP contribution in [0.15, 0.2) is 59.4 Å². The van der Waals surface area contributed by atoms with Gasteiger partial charge in [0.2, 0.25) is 0 Å². The largest absolute Gasteiger partial charge is 0.332 e. The van der Waals surface area contributed by atoms with Crippen LogP contribution in [-0.2, 0) is 13.6 Å². The first-order chi connectivity index (χ1) is 11.1. The third-order valence-corrected chi connectivity index (χ3v) is 3.48. The molecule has 0 spiro atoms. The lowest BCUT2D eigenvalue weighted by atomic mass is 10.1. The van der Waals surface area contributed by atoms with Crippen LogP contribution in [0.5, 0.6) is 0 Å². The molecule has 0 aliphatic rings. The predicted octanol–water partition coefficient (Wildman–Crippen LogP) is 2.26. The summed E-state index contributed by atoms with van der Waals surface area (Å²) < 4.78 is 1.29. The molecule has 2 aromatic carbocycles. The normalized spacial score (nSPS) is 10.5. The van der Waals surface area contributed by atoms with E-state index < -0.39 is 0 Å². The van der Waals surface area contributed by atoms with E-state index in [1.54, 1.807) is 25.2 Å². The molecule has 0 fully saturated rings. The number of aryl methyl sites for hydroxylation is 1. The van der Waals surface area contributed by atoms with Gasteiger partial charge in [0, 0.05) is 18.1 Å². The Morgan fingerprint density at radius 3 is 2.43 bits per heavy atom. The molecule has 0 bridgehead atoms. The number of carbonyl (C=O) groups is 1. The number of nitrogens with one attached hydrogen (secondary N) is 2. The molecular formula is C17H16N4O2. The molecule has 116 valence electrons. The molecule has 1 heterocycles. The molecule has 0 atom stereocenters. The quantitative estimate of drug-likeness (QED) is 0.779. The van der Waals surface area contributed by atoms with E-state index in [0.29, 0.717) is 16.8 Å². The van der Waals surface area contributed by atoms with E-state index in [1.807, 2.05) is 36.4 Å². The van der Waals surface area contributed by atoms with Crippen LogP contribution in [-0.4, -0.2) is 15.8 Å². The van der Waals surface area contributed by atoms with Gasteiger partial charge in [0.15, 0.2) is 0 Å². The van der Waals surface area contributed by atoms with Crippen LogP contribution in [0.1, 0.15) is 5.69 Å². The summed E-state index contributed by atoms with van der Waals surface area (Å²) in [7, 11) is 1.60. The molecule has 3 rings (SSSR count). The molecule has 0 saturated carbocycles. The Labute approximate surface area is 132 Å². The van der Waals surface area contributed by atoms with Gasteiger partial charge in [-0.05, 0) is 18.2 Å². The van der Waals surface area contributed by atoms with Gasteiger partial charge in [0.1, 0.15) is 0 Å². The van der Waals surface area contributed by atoms with Gasteiger partial charge in [-0.3, -0.25) is 4.79 Å². The van der Waals surface area contributed by atoms with E-state index in [-0.39, 0.29) is 18.1 Å². The predicted molar refractivity (Wildman–Crippen MR) is 89.3 cm³/mol. The highest BCUT2D eigenvalue weighted by Gasteiger charge is 2.09. The number of fused-ring (bicyclic) bond motifs is 1. The molecule has 1 aromatic heterocycles. The molecule has 2 amide bonds. The number of urea groups is 1. The third kappa shape index (κ3) is 3.21. The SMILES string of the molecule is Cn1nc(CNC(=O)Nc2ccccc2)c2ccccc2c1=O. The van der Waals surface area contributed by atoms with Gasteiger partial charge in [-0.1, -0.05) is 36.4 Å². The van der Waals surface area contributed by atoms with Crippen LogP contribution in [0, 0.1) is 0 Å². The Kier molecular flexibility index (Phi) is 4.05. The highest BCUT2D eigenvalue weighted by atomic mass is 16.2. The van der Waals surface area contributed by atoms with Gasteiger partial charge < -0.3 is 10.6 Å². The zero-order valence-corrected chi connectivity index (χ0v) is 12.6.